The molecule has 1 saturated heterocycles. The Morgan fingerprint density at radius 1 is 0.569 bits per heavy atom. The SMILES string of the molecule is CCCCC/C=C\C/C=C\CCCCCCCCC(CCCCCCCC/C=C\C/C=C\CCCCC)(OC(=O)CCCN1CCCCC1CC)C(=O)NCCCC. The maximum atomic E-state index is 14.0. The van der Waals surface area contributed by atoms with Crippen molar-refractivity contribution >= 4 is 11.9 Å². The van der Waals surface area contributed by atoms with Crippen molar-refractivity contribution in [3.05, 3.63) is 48.6 Å². The average Bonchev–Trinajstić information content (AvgIpc) is 3.23. The second-order valence-electron chi connectivity index (χ2n) is 17.4. The summed E-state index contributed by atoms with van der Waals surface area (Å²) in [4.78, 5) is 30.2. The van der Waals surface area contributed by atoms with Gasteiger partial charge in [0, 0.05) is 19.0 Å². The monoisotopic (exact) mass is 809 g/mol. The fourth-order valence-electron chi connectivity index (χ4n) is 8.35. The Hall–Kier alpha value is -2.14. The van der Waals surface area contributed by atoms with Crippen LogP contribution in [0.3, 0.4) is 0 Å². The third-order valence-electron chi connectivity index (χ3n) is 12.1. The summed E-state index contributed by atoms with van der Waals surface area (Å²) in [5.74, 6) is -0.239. The molecule has 0 aromatic carbocycles. The highest BCUT2D eigenvalue weighted by molar-refractivity contribution is 5.87. The van der Waals surface area contributed by atoms with E-state index in [0.29, 0.717) is 31.8 Å². The molecule has 1 amide bonds. The summed E-state index contributed by atoms with van der Waals surface area (Å²) in [5.41, 5.74) is -1.05. The van der Waals surface area contributed by atoms with Gasteiger partial charge in [-0.1, -0.05) is 166 Å². The van der Waals surface area contributed by atoms with E-state index in [4.69, 9.17) is 4.74 Å². The highest BCUT2D eigenvalue weighted by atomic mass is 16.6. The van der Waals surface area contributed by atoms with E-state index in [0.717, 1.165) is 83.7 Å². The van der Waals surface area contributed by atoms with Gasteiger partial charge in [0.2, 0.25) is 0 Å². The number of rotatable bonds is 40. The number of nitrogens with zero attached hydrogens (tertiary/aromatic N) is 1. The largest absolute Gasteiger partial charge is 0.449 e. The molecule has 1 heterocycles. The summed E-state index contributed by atoms with van der Waals surface area (Å²) in [7, 11) is 0. The average molecular weight is 809 g/mol. The van der Waals surface area contributed by atoms with E-state index in [1.54, 1.807) is 0 Å². The van der Waals surface area contributed by atoms with Crippen LogP contribution in [0.15, 0.2) is 48.6 Å². The van der Waals surface area contributed by atoms with Crippen LogP contribution in [0.2, 0.25) is 0 Å². The zero-order valence-electron chi connectivity index (χ0n) is 39.0. The molecule has 0 aromatic rings. The van der Waals surface area contributed by atoms with Crippen LogP contribution in [-0.2, 0) is 14.3 Å². The molecule has 1 atom stereocenters. The second kappa shape index (κ2) is 40.3. The minimum absolute atomic E-state index is 0.0541. The number of ether oxygens (including phenoxy) is 1. The van der Waals surface area contributed by atoms with Gasteiger partial charge in [0.25, 0.3) is 5.91 Å². The number of allylic oxidation sites excluding steroid dienone is 8. The summed E-state index contributed by atoms with van der Waals surface area (Å²) >= 11 is 0. The van der Waals surface area contributed by atoms with Gasteiger partial charge in [0.1, 0.15) is 0 Å². The molecule has 5 heteroatoms. The van der Waals surface area contributed by atoms with E-state index in [2.05, 4.69) is 86.5 Å². The van der Waals surface area contributed by atoms with E-state index in [-0.39, 0.29) is 11.9 Å². The molecule has 0 bridgehead atoms. The first-order valence-electron chi connectivity index (χ1n) is 25.4. The van der Waals surface area contributed by atoms with Crippen LogP contribution in [0.4, 0.5) is 0 Å². The molecule has 0 saturated carbocycles. The van der Waals surface area contributed by atoms with Crippen molar-refractivity contribution in [2.24, 2.45) is 0 Å². The highest BCUT2D eigenvalue weighted by Crippen LogP contribution is 2.30. The fourth-order valence-corrected chi connectivity index (χ4v) is 8.35. The number of hydrogen-bond acceptors (Lipinski definition) is 4. The molecule has 1 aliphatic heterocycles. The molecule has 58 heavy (non-hydrogen) atoms. The first kappa shape index (κ1) is 53.9. The van der Waals surface area contributed by atoms with Crippen molar-refractivity contribution in [2.45, 2.75) is 258 Å². The van der Waals surface area contributed by atoms with E-state index < -0.39 is 5.60 Å². The highest BCUT2D eigenvalue weighted by Gasteiger charge is 2.41. The topological polar surface area (TPSA) is 58.6 Å². The van der Waals surface area contributed by atoms with Crippen LogP contribution < -0.4 is 5.32 Å². The summed E-state index contributed by atoms with van der Waals surface area (Å²) in [6.45, 7) is 11.7. The van der Waals surface area contributed by atoms with Gasteiger partial charge < -0.3 is 15.0 Å². The molecule has 0 radical (unpaired) electrons. The zero-order valence-corrected chi connectivity index (χ0v) is 39.0. The van der Waals surface area contributed by atoms with Crippen LogP contribution in [0.5, 0.6) is 0 Å². The molecule has 0 aliphatic carbocycles. The molecular weight excluding hydrogens is 713 g/mol. The Bertz CT molecular complexity index is 1010. The lowest BCUT2D eigenvalue weighted by Crippen LogP contribution is -2.50. The minimum atomic E-state index is -1.05. The third kappa shape index (κ3) is 30.0. The van der Waals surface area contributed by atoms with Crippen LogP contribution in [0, 0.1) is 0 Å². The number of piperidine rings is 1. The van der Waals surface area contributed by atoms with Crippen molar-refractivity contribution in [1.82, 2.24) is 10.2 Å². The van der Waals surface area contributed by atoms with Gasteiger partial charge in [0.05, 0.1) is 0 Å². The van der Waals surface area contributed by atoms with Crippen molar-refractivity contribution in [3.63, 3.8) is 0 Å². The minimum Gasteiger partial charge on any atom is -0.449 e. The van der Waals surface area contributed by atoms with E-state index in [1.165, 1.54) is 128 Å². The first-order valence-corrected chi connectivity index (χ1v) is 25.4. The van der Waals surface area contributed by atoms with Crippen molar-refractivity contribution in [1.29, 1.82) is 0 Å². The van der Waals surface area contributed by atoms with Crippen LogP contribution in [0.25, 0.3) is 0 Å². The van der Waals surface area contributed by atoms with Crippen LogP contribution >= 0.6 is 0 Å². The van der Waals surface area contributed by atoms with Gasteiger partial charge in [-0.05, 0) is 135 Å². The molecule has 5 nitrogen and oxygen atoms in total. The maximum absolute atomic E-state index is 14.0. The Labute approximate surface area is 361 Å². The van der Waals surface area contributed by atoms with Crippen molar-refractivity contribution in [3.8, 4) is 0 Å². The second-order valence-corrected chi connectivity index (χ2v) is 17.4. The fraction of sp³-hybridized carbons (Fsp3) is 0.811. The van der Waals surface area contributed by atoms with E-state index in [1.807, 2.05) is 0 Å². The quantitative estimate of drug-likeness (QED) is 0.0381. The van der Waals surface area contributed by atoms with Gasteiger partial charge in [-0.25, -0.2) is 0 Å². The first-order chi connectivity index (χ1) is 28.5. The van der Waals surface area contributed by atoms with Gasteiger partial charge in [-0.15, -0.1) is 0 Å². The number of esters is 1. The van der Waals surface area contributed by atoms with Crippen molar-refractivity contribution in [2.75, 3.05) is 19.6 Å². The molecule has 0 spiro atoms. The number of nitrogens with one attached hydrogen (secondary N) is 1. The van der Waals surface area contributed by atoms with Crippen molar-refractivity contribution < 1.29 is 14.3 Å². The van der Waals surface area contributed by atoms with Gasteiger partial charge >= 0.3 is 5.97 Å². The van der Waals surface area contributed by atoms with Gasteiger partial charge in [-0.3, -0.25) is 9.59 Å². The van der Waals surface area contributed by atoms with E-state index >= 15 is 0 Å². The van der Waals surface area contributed by atoms with Gasteiger partial charge in [0.15, 0.2) is 5.60 Å². The number of carbonyl (C=O) groups is 2. The molecular formula is C53H96N2O3. The summed E-state index contributed by atoms with van der Waals surface area (Å²) in [6, 6.07) is 0.640. The smallest absolute Gasteiger partial charge is 0.306 e. The zero-order chi connectivity index (χ0) is 42.0. The lowest BCUT2D eigenvalue weighted by atomic mass is 9.88. The Morgan fingerprint density at radius 3 is 1.52 bits per heavy atom. The standard InChI is InChI=1S/C53H96N2O3/c1-5-9-12-14-16-18-20-22-24-26-28-30-32-34-36-39-45-53(52(57)54-47-11-7-3,58-51(56)44-42-49-55-48-41-38-43-50(55)8-4)46-40-37-35-33-31-29-27-25-23-21-19-17-15-13-10-6-2/h16-19,22-25,50H,5-15,20-21,26-49H2,1-4H3,(H,54,57)/b18-16-,19-17-,24-22-,25-23-. The molecule has 1 N–H and O–H groups in total. The predicted molar refractivity (Wildman–Crippen MR) is 253 cm³/mol. The number of unbranched alkanes of at least 4 members (excludes halogenated alkanes) is 19. The van der Waals surface area contributed by atoms with E-state index in [9.17, 15) is 9.59 Å². The summed E-state index contributed by atoms with van der Waals surface area (Å²) in [6.07, 6.45) is 56.5. The summed E-state index contributed by atoms with van der Waals surface area (Å²) in [5, 5.41) is 3.21. The number of likely N-dealkylation sites (tertiary alicyclic amines) is 1. The normalized spacial score (nSPS) is 15.5. The maximum Gasteiger partial charge on any atom is 0.306 e. The Balaban J connectivity index is 2.66. The predicted octanol–water partition coefficient (Wildman–Crippen LogP) is 15.6. The molecule has 1 unspecified atom stereocenters. The Morgan fingerprint density at radius 2 is 1.03 bits per heavy atom. The lowest BCUT2D eigenvalue weighted by Gasteiger charge is -2.35. The Kier molecular flexibility index (Phi) is 37.4. The number of carbonyl (C=O) groups excluding carboxylic acids is 2. The molecule has 0 aromatic heterocycles. The molecule has 1 rings (SSSR count). The lowest BCUT2D eigenvalue weighted by molar-refractivity contribution is -0.171. The van der Waals surface area contributed by atoms with Crippen LogP contribution in [0.1, 0.15) is 246 Å². The van der Waals surface area contributed by atoms with Crippen LogP contribution in [-0.4, -0.2) is 48.1 Å². The molecule has 1 fully saturated rings. The molecule has 336 valence electrons. The van der Waals surface area contributed by atoms with Gasteiger partial charge in [-0.2, -0.15) is 0 Å². The number of hydrogen-bond donors (Lipinski definition) is 1. The third-order valence-corrected chi connectivity index (χ3v) is 12.1. The number of amides is 1. The summed E-state index contributed by atoms with van der Waals surface area (Å²) < 4.78 is 6.43. The molecule has 1 aliphatic rings.